The van der Waals surface area contributed by atoms with Crippen LogP contribution in [0.25, 0.3) is 0 Å². The monoisotopic (exact) mass is 803 g/mol. The summed E-state index contributed by atoms with van der Waals surface area (Å²) in [5, 5.41) is 25.6. The minimum atomic E-state index is -1.53. The van der Waals surface area contributed by atoms with E-state index < -0.39 is 48.6 Å². The number of aliphatic hydroxyl groups is 2. The molecule has 1 unspecified atom stereocenters. The number of rotatable bonds is 29. The van der Waals surface area contributed by atoms with Crippen LogP contribution in [0, 0.1) is 0 Å². The molecule has 1 aliphatic rings. The van der Waals surface area contributed by atoms with Crippen molar-refractivity contribution < 1.29 is 38.7 Å². The second-order valence-electron chi connectivity index (χ2n) is 15.7. The lowest BCUT2D eigenvalue weighted by molar-refractivity contribution is -0.292. The number of amides is 2. The predicted octanol–water partition coefficient (Wildman–Crippen LogP) is 8.27. The van der Waals surface area contributed by atoms with Crippen LogP contribution in [0.5, 0.6) is 0 Å². The van der Waals surface area contributed by atoms with Crippen molar-refractivity contribution in [3.63, 3.8) is 0 Å². The smallest absolute Gasteiger partial charge is 0.250 e. The first kappa shape index (κ1) is 47.0. The molecular formula is C48H70N2O8. The standard InChI is InChI=1S/C48H70N2O8/c1-3-4-5-6-7-8-9-10-11-12-13-14-15-25-32-49-47(53)42(52)33-50(38(2)51)44-46(57-36-41-30-23-18-24-31-41)45(56-35-40-28-21-17-22-29-40)43(58-48(44)54)37-55-34-39-26-19-16-20-27-39/h16-24,26-31,42-46,48,52,54H,3-15,25,32-37H2,1-2H3,(H,49,53)/t42?,43-,44-,45-,46-,48+/m1/s1. The first-order valence-electron chi connectivity index (χ1n) is 21.9. The van der Waals surface area contributed by atoms with Gasteiger partial charge in [-0.05, 0) is 23.1 Å². The van der Waals surface area contributed by atoms with Gasteiger partial charge in [0.05, 0.1) is 33.0 Å². The van der Waals surface area contributed by atoms with Crippen molar-refractivity contribution >= 4 is 11.8 Å². The van der Waals surface area contributed by atoms with E-state index in [1.165, 1.54) is 82.5 Å². The number of carbonyl (C=O) groups is 2. The molecule has 10 heteroatoms. The minimum absolute atomic E-state index is 0.0771. The van der Waals surface area contributed by atoms with Gasteiger partial charge in [-0.2, -0.15) is 0 Å². The van der Waals surface area contributed by atoms with Crippen molar-refractivity contribution in [1.82, 2.24) is 10.2 Å². The van der Waals surface area contributed by atoms with Crippen LogP contribution in [0.2, 0.25) is 0 Å². The third-order valence-corrected chi connectivity index (χ3v) is 10.9. The number of hydrogen-bond acceptors (Lipinski definition) is 8. The van der Waals surface area contributed by atoms with E-state index in [0.717, 1.165) is 36.0 Å². The number of nitrogens with zero attached hydrogens (tertiary/aromatic N) is 1. The maximum absolute atomic E-state index is 13.4. The first-order valence-corrected chi connectivity index (χ1v) is 21.9. The molecule has 1 saturated heterocycles. The Morgan fingerprint density at radius 1 is 0.672 bits per heavy atom. The van der Waals surface area contributed by atoms with Gasteiger partial charge in [0.25, 0.3) is 5.91 Å². The number of aliphatic hydroxyl groups excluding tert-OH is 2. The summed E-state index contributed by atoms with van der Waals surface area (Å²) in [5.74, 6) is -1.03. The highest BCUT2D eigenvalue weighted by Crippen LogP contribution is 2.31. The maximum atomic E-state index is 13.4. The summed E-state index contributed by atoms with van der Waals surface area (Å²) in [7, 11) is 0. The van der Waals surface area contributed by atoms with Crippen LogP contribution in [-0.4, -0.2) is 83.4 Å². The number of benzene rings is 3. The highest BCUT2D eigenvalue weighted by molar-refractivity contribution is 5.82. The van der Waals surface area contributed by atoms with E-state index in [1.807, 2.05) is 91.0 Å². The second kappa shape index (κ2) is 27.9. The summed E-state index contributed by atoms with van der Waals surface area (Å²) in [6, 6.07) is 27.9. The molecule has 2 amide bonds. The number of unbranched alkanes of at least 4 members (excludes halogenated alkanes) is 13. The maximum Gasteiger partial charge on any atom is 0.250 e. The van der Waals surface area contributed by atoms with Gasteiger partial charge < -0.3 is 39.4 Å². The molecule has 1 heterocycles. The Hall–Kier alpha value is -3.64. The highest BCUT2D eigenvalue weighted by Gasteiger charge is 2.50. The molecule has 0 radical (unpaired) electrons. The largest absolute Gasteiger partial charge is 0.381 e. The summed E-state index contributed by atoms with van der Waals surface area (Å²) < 4.78 is 25.5. The Morgan fingerprint density at radius 2 is 1.12 bits per heavy atom. The van der Waals surface area contributed by atoms with Gasteiger partial charge in [0.15, 0.2) is 6.29 Å². The van der Waals surface area contributed by atoms with Crippen molar-refractivity contribution in [3.8, 4) is 0 Å². The van der Waals surface area contributed by atoms with E-state index in [2.05, 4.69) is 12.2 Å². The van der Waals surface area contributed by atoms with Gasteiger partial charge in [0.1, 0.15) is 30.5 Å². The fourth-order valence-corrected chi connectivity index (χ4v) is 7.55. The van der Waals surface area contributed by atoms with E-state index in [0.29, 0.717) is 13.2 Å². The molecule has 10 nitrogen and oxygen atoms in total. The Kier molecular flexibility index (Phi) is 22.7. The summed E-state index contributed by atoms with van der Waals surface area (Å²) in [4.78, 5) is 27.8. The SMILES string of the molecule is CCCCCCCCCCCCCCCCNC(=O)C(O)CN(C(C)=O)[C@@H]1[C@@H](OCc2ccccc2)[C@H](OCc2ccccc2)[C@@H](COCc2ccccc2)O[C@@H]1O. The highest BCUT2D eigenvalue weighted by atomic mass is 16.7. The van der Waals surface area contributed by atoms with E-state index in [9.17, 15) is 19.8 Å². The van der Waals surface area contributed by atoms with E-state index >= 15 is 0 Å². The molecular weight excluding hydrogens is 733 g/mol. The molecule has 0 bridgehead atoms. The van der Waals surface area contributed by atoms with Crippen molar-refractivity contribution in [1.29, 1.82) is 0 Å². The lowest BCUT2D eigenvalue weighted by Gasteiger charge is -2.48. The summed E-state index contributed by atoms with van der Waals surface area (Å²) in [5.41, 5.74) is 2.79. The quantitative estimate of drug-likeness (QED) is 0.0600. The molecule has 3 N–H and O–H groups in total. The molecule has 0 aliphatic carbocycles. The van der Waals surface area contributed by atoms with Crippen molar-refractivity contribution in [2.45, 2.75) is 160 Å². The number of ether oxygens (including phenoxy) is 4. The van der Waals surface area contributed by atoms with Crippen LogP contribution >= 0.6 is 0 Å². The van der Waals surface area contributed by atoms with E-state index in [1.54, 1.807) is 0 Å². The molecule has 58 heavy (non-hydrogen) atoms. The second-order valence-corrected chi connectivity index (χ2v) is 15.7. The molecule has 3 aromatic carbocycles. The van der Waals surface area contributed by atoms with Crippen molar-refractivity contribution in [3.05, 3.63) is 108 Å². The summed E-state index contributed by atoms with van der Waals surface area (Å²) in [6.07, 6.45) is 11.8. The van der Waals surface area contributed by atoms with Gasteiger partial charge in [-0.25, -0.2) is 0 Å². The fourth-order valence-electron chi connectivity index (χ4n) is 7.55. The zero-order chi connectivity index (χ0) is 41.2. The lowest BCUT2D eigenvalue weighted by Crippen LogP contribution is -2.67. The average molecular weight is 803 g/mol. The van der Waals surface area contributed by atoms with Gasteiger partial charge in [0.2, 0.25) is 5.91 Å². The minimum Gasteiger partial charge on any atom is -0.381 e. The predicted molar refractivity (Wildman–Crippen MR) is 228 cm³/mol. The molecule has 0 aromatic heterocycles. The zero-order valence-corrected chi connectivity index (χ0v) is 35.1. The Balaban J connectivity index is 1.35. The normalized spacial score (nSPS) is 19.8. The van der Waals surface area contributed by atoms with Crippen LogP contribution in [-0.2, 0) is 48.4 Å². The number of carbonyl (C=O) groups excluding carboxylic acids is 2. The van der Waals surface area contributed by atoms with E-state index in [-0.39, 0.29) is 26.4 Å². The molecule has 6 atom stereocenters. The topological polar surface area (TPSA) is 127 Å². The van der Waals surface area contributed by atoms with Gasteiger partial charge in [-0.1, -0.05) is 181 Å². The van der Waals surface area contributed by atoms with Gasteiger partial charge in [-0.3, -0.25) is 9.59 Å². The van der Waals surface area contributed by atoms with Crippen LogP contribution in [0.3, 0.4) is 0 Å². The van der Waals surface area contributed by atoms with Crippen LogP contribution in [0.15, 0.2) is 91.0 Å². The van der Waals surface area contributed by atoms with Crippen molar-refractivity contribution in [2.75, 3.05) is 19.7 Å². The molecule has 320 valence electrons. The van der Waals surface area contributed by atoms with E-state index in [4.69, 9.17) is 18.9 Å². The van der Waals surface area contributed by atoms with Gasteiger partial charge >= 0.3 is 0 Å². The number of hydrogen-bond donors (Lipinski definition) is 3. The molecule has 0 saturated carbocycles. The average Bonchev–Trinajstić information content (AvgIpc) is 3.24. The summed E-state index contributed by atoms with van der Waals surface area (Å²) in [6.45, 7) is 4.44. The fraction of sp³-hybridized carbons (Fsp3) is 0.583. The lowest BCUT2D eigenvalue weighted by atomic mass is 9.94. The number of nitrogens with one attached hydrogen (secondary N) is 1. The molecule has 1 fully saturated rings. The van der Waals surface area contributed by atoms with Crippen LogP contribution < -0.4 is 5.32 Å². The van der Waals surface area contributed by atoms with Gasteiger partial charge in [-0.15, -0.1) is 0 Å². The molecule has 1 aliphatic heterocycles. The van der Waals surface area contributed by atoms with Crippen LogP contribution in [0.4, 0.5) is 0 Å². The van der Waals surface area contributed by atoms with Crippen molar-refractivity contribution in [2.24, 2.45) is 0 Å². The zero-order valence-electron chi connectivity index (χ0n) is 35.1. The third-order valence-electron chi connectivity index (χ3n) is 10.9. The molecule has 0 spiro atoms. The first-order chi connectivity index (χ1) is 28.4. The van der Waals surface area contributed by atoms with Gasteiger partial charge in [0, 0.05) is 13.5 Å². The van der Waals surface area contributed by atoms with Crippen LogP contribution in [0.1, 0.15) is 120 Å². The third kappa shape index (κ3) is 17.3. The summed E-state index contributed by atoms with van der Waals surface area (Å²) >= 11 is 0. The Bertz CT molecular complexity index is 1510. The molecule has 4 rings (SSSR count). The molecule has 3 aromatic rings. The Labute approximate surface area is 347 Å². The Morgan fingerprint density at radius 3 is 1.60 bits per heavy atom.